The maximum Gasteiger partial charge on any atom is 0.160 e. The molecule has 2 heterocycles. The number of hydrogen-bond donors (Lipinski definition) is 0. The lowest BCUT2D eigenvalue weighted by molar-refractivity contribution is 0.997. The van der Waals surface area contributed by atoms with Crippen LogP contribution in [-0.4, -0.2) is 14.5 Å². The molecule has 3 nitrogen and oxygen atoms in total. The molecule has 0 unspecified atom stereocenters. The van der Waals surface area contributed by atoms with Crippen LogP contribution in [0.3, 0.4) is 0 Å². The van der Waals surface area contributed by atoms with Crippen molar-refractivity contribution in [3.63, 3.8) is 0 Å². The van der Waals surface area contributed by atoms with Crippen LogP contribution in [0, 0.1) is 0 Å². The topological polar surface area (TPSA) is 30.7 Å². The molecule has 0 atom stereocenters. The summed E-state index contributed by atoms with van der Waals surface area (Å²) >= 11 is 0. The molecular formula is C52H35N3. The van der Waals surface area contributed by atoms with E-state index in [2.05, 4.69) is 168 Å². The summed E-state index contributed by atoms with van der Waals surface area (Å²) in [6.07, 6.45) is 6.77. The molecule has 0 N–H and O–H groups in total. The predicted molar refractivity (Wildman–Crippen MR) is 230 cm³/mol. The maximum absolute atomic E-state index is 5.07. The van der Waals surface area contributed by atoms with Crippen molar-refractivity contribution in [2.75, 3.05) is 0 Å². The van der Waals surface area contributed by atoms with E-state index in [9.17, 15) is 0 Å². The first-order valence-corrected chi connectivity index (χ1v) is 19.0. The number of hydrogen-bond acceptors (Lipinski definition) is 2. The summed E-state index contributed by atoms with van der Waals surface area (Å²) in [5, 5.41) is 7.72. The van der Waals surface area contributed by atoms with Crippen molar-refractivity contribution in [2.45, 2.75) is 12.8 Å². The van der Waals surface area contributed by atoms with E-state index in [4.69, 9.17) is 9.97 Å². The number of fused-ring (bicyclic) bond motifs is 8. The Kier molecular flexibility index (Phi) is 7.31. The molecule has 8 aromatic carbocycles. The van der Waals surface area contributed by atoms with E-state index in [1.54, 1.807) is 0 Å². The zero-order valence-electron chi connectivity index (χ0n) is 30.2. The second-order valence-corrected chi connectivity index (χ2v) is 14.5. The fourth-order valence-electron chi connectivity index (χ4n) is 8.56. The molecule has 11 rings (SSSR count). The van der Waals surface area contributed by atoms with Crippen molar-refractivity contribution >= 4 is 49.4 Å². The van der Waals surface area contributed by atoms with E-state index in [0.29, 0.717) is 0 Å². The van der Waals surface area contributed by atoms with E-state index >= 15 is 0 Å². The van der Waals surface area contributed by atoms with E-state index in [1.807, 2.05) is 24.3 Å². The minimum absolute atomic E-state index is 0.718. The van der Waals surface area contributed by atoms with E-state index in [-0.39, 0.29) is 0 Å². The summed E-state index contributed by atoms with van der Waals surface area (Å²) in [6, 6.07) is 63.3. The Morgan fingerprint density at radius 2 is 1.09 bits per heavy atom. The van der Waals surface area contributed by atoms with Crippen LogP contribution in [0.4, 0.5) is 0 Å². The molecule has 3 heteroatoms. The molecule has 10 aromatic rings. The van der Waals surface area contributed by atoms with Gasteiger partial charge in [-0.3, -0.25) is 0 Å². The summed E-state index contributed by atoms with van der Waals surface area (Å²) in [6.45, 7) is 0. The smallest absolute Gasteiger partial charge is 0.160 e. The molecule has 0 fully saturated rings. The van der Waals surface area contributed by atoms with Gasteiger partial charge in [0, 0.05) is 33.2 Å². The van der Waals surface area contributed by atoms with Gasteiger partial charge in [-0.1, -0.05) is 146 Å². The average Bonchev–Trinajstić information content (AvgIpc) is 3.61. The molecule has 55 heavy (non-hydrogen) atoms. The van der Waals surface area contributed by atoms with Crippen molar-refractivity contribution in [1.82, 2.24) is 14.5 Å². The molecular weight excluding hydrogens is 667 g/mol. The van der Waals surface area contributed by atoms with Crippen molar-refractivity contribution < 1.29 is 0 Å². The number of para-hydroxylation sites is 1. The quantitative estimate of drug-likeness (QED) is 0.179. The molecule has 0 bridgehead atoms. The Morgan fingerprint density at radius 1 is 0.436 bits per heavy atom. The molecule has 0 spiro atoms. The molecule has 0 aliphatic heterocycles. The summed E-state index contributed by atoms with van der Waals surface area (Å²) in [4.78, 5) is 10.1. The molecule has 0 saturated heterocycles. The van der Waals surface area contributed by atoms with Crippen LogP contribution in [0.25, 0.3) is 100 Å². The van der Waals surface area contributed by atoms with Crippen molar-refractivity contribution in [1.29, 1.82) is 0 Å². The molecule has 258 valence electrons. The second kappa shape index (κ2) is 12.8. The van der Waals surface area contributed by atoms with Crippen LogP contribution >= 0.6 is 0 Å². The monoisotopic (exact) mass is 701 g/mol. The Morgan fingerprint density at radius 3 is 1.91 bits per heavy atom. The molecule has 2 aromatic heterocycles. The average molecular weight is 702 g/mol. The van der Waals surface area contributed by atoms with Gasteiger partial charge in [0.2, 0.25) is 0 Å². The number of aromatic nitrogens is 3. The van der Waals surface area contributed by atoms with E-state index in [0.717, 1.165) is 52.4 Å². The Hall–Kier alpha value is -7.10. The molecule has 0 saturated carbocycles. The zero-order chi connectivity index (χ0) is 36.3. The SMILES string of the molecule is C1=Cc2ccc3ccc(-c4ccc5c(ccc6c5c5ccccc5n6-c5ccc(-c6cc(-c7ccccc7)nc(-c7ccccc7)n6)cc5)c4)cc3c2CC1. The normalized spacial score (nSPS) is 12.5. The molecule has 1 aliphatic carbocycles. The highest BCUT2D eigenvalue weighted by molar-refractivity contribution is 6.21. The van der Waals surface area contributed by atoms with Crippen molar-refractivity contribution in [3.8, 4) is 50.7 Å². The standard InChI is InChI=1S/C52H35N3/c1-3-12-36(13-4-1)47-33-48(54-52(53-47)38-14-5-2-6-15-38)37-23-27-42(28-24-37)55-49-18-10-9-17-45(49)51-44-29-25-39(31-41(44)26-30-50(51)55)40-22-21-35-20-19-34-11-7-8-16-43(34)46(35)32-40/h1-7,9-15,17-33H,8,16H2. The number of benzene rings is 8. The van der Waals surface area contributed by atoms with Gasteiger partial charge in [0.15, 0.2) is 5.82 Å². The van der Waals surface area contributed by atoms with E-state index < -0.39 is 0 Å². The Bertz CT molecular complexity index is 3060. The van der Waals surface area contributed by atoms with E-state index in [1.165, 1.54) is 65.6 Å². The highest BCUT2D eigenvalue weighted by Gasteiger charge is 2.17. The lowest BCUT2D eigenvalue weighted by Gasteiger charge is -2.15. The lowest BCUT2D eigenvalue weighted by Crippen LogP contribution is -1.97. The fourth-order valence-corrected chi connectivity index (χ4v) is 8.56. The van der Waals surface area contributed by atoms with Gasteiger partial charge in [-0.25, -0.2) is 9.97 Å². The van der Waals surface area contributed by atoms with Crippen LogP contribution in [0.5, 0.6) is 0 Å². The van der Waals surface area contributed by atoms with Gasteiger partial charge in [-0.15, -0.1) is 0 Å². The molecule has 0 amide bonds. The third-order valence-corrected chi connectivity index (χ3v) is 11.3. The van der Waals surface area contributed by atoms with Gasteiger partial charge in [-0.2, -0.15) is 0 Å². The van der Waals surface area contributed by atoms with Crippen LogP contribution < -0.4 is 0 Å². The summed E-state index contributed by atoms with van der Waals surface area (Å²) in [7, 11) is 0. The van der Waals surface area contributed by atoms with Gasteiger partial charge >= 0.3 is 0 Å². The first-order valence-electron chi connectivity index (χ1n) is 19.0. The van der Waals surface area contributed by atoms with Crippen LogP contribution in [0.1, 0.15) is 17.5 Å². The fraction of sp³-hybridized carbons (Fsp3) is 0.0385. The number of rotatable bonds is 5. The first-order chi connectivity index (χ1) is 27.2. The third kappa shape index (κ3) is 5.35. The van der Waals surface area contributed by atoms with Gasteiger partial charge in [0.25, 0.3) is 0 Å². The Labute approximate surface area is 319 Å². The van der Waals surface area contributed by atoms with Crippen molar-refractivity contribution in [2.24, 2.45) is 0 Å². The number of allylic oxidation sites excluding steroid dienone is 1. The molecule has 1 aliphatic rings. The highest BCUT2D eigenvalue weighted by atomic mass is 15.0. The van der Waals surface area contributed by atoms with Gasteiger partial charge in [0.1, 0.15) is 0 Å². The summed E-state index contributed by atoms with van der Waals surface area (Å²) < 4.78 is 2.40. The number of nitrogens with zero attached hydrogens (tertiary/aromatic N) is 3. The second-order valence-electron chi connectivity index (χ2n) is 14.5. The largest absolute Gasteiger partial charge is 0.309 e. The van der Waals surface area contributed by atoms with Crippen LogP contribution in [0.2, 0.25) is 0 Å². The van der Waals surface area contributed by atoms with Gasteiger partial charge < -0.3 is 4.57 Å². The summed E-state index contributed by atoms with van der Waals surface area (Å²) in [5.41, 5.74) is 13.7. The highest BCUT2D eigenvalue weighted by Crippen LogP contribution is 2.39. The first kappa shape index (κ1) is 31.4. The van der Waals surface area contributed by atoms with Crippen LogP contribution in [-0.2, 0) is 6.42 Å². The van der Waals surface area contributed by atoms with Crippen molar-refractivity contribution in [3.05, 3.63) is 193 Å². The third-order valence-electron chi connectivity index (χ3n) is 11.3. The van der Waals surface area contributed by atoms with Crippen LogP contribution in [0.15, 0.2) is 182 Å². The minimum Gasteiger partial charge on any atom is -0.309 e. The van der Waals surface area contributed by atoms with Gasteiger partial charge in [0.05, 0.1) is 22.4 Å². The maximum atomic E-state index is 5.07. The zero-order valence-corrected chi connectivity index (χ0v) is 30.2. The van der Waals surface area contributed by atoms with Gasteiger partial charge in [-0.05, 0) is 99.1 Å². The summed E-state index contributed by atoms with van der Waals surface area (Å²) in [5.74, 6) is 0.718. The lowest BCUT2D eigenvalue weighted by atomic mass is 9.90. The predicted octanol–water partition coefficient (Wildman–Crippen LogP) is 13.5. The molecule has 0 radical (unpaired) electrons. The number of aryl methyl sites for hydroxylation is 1. The Balaban J connectivity index is 1.01. The minimum atomic E-state index is 0.718.